The van der Waals surface area contributed by atoms with Crippen molar-refractivity contribution in [3.8, 4) is 0 Å². The number of rotatable bonds is 4. The fourth-order valence-corrected chi connectivity index (χ4v) is 1.98. The second kappa shape index (κ2) is 5.01. The number of primary amides is 1. The third-order valence-corrected chi connectivity index (χ3v) is 3.61. The zero-order valence-corrected chi connectivity index (χ0v) is 10.6. The Morgan fingerprint density at radius 2 is 1.71 bits per heavy atom. The highest BCUT2D eigenvalue weighted by atomic mass is 16.4. The highest BCUT2D eigenvalue weighted by Gasteiger charge is 2.36. The molecule has 3 N–H and O–H groups in total. The van der Waals surface area contributed by atoms with E-state index in [1.54, 1.807) is 20.8 Å². The van der Waals surface area contributed by atoms with E-state index >= 15 is 0 Å². The molecular weight excluding hydrogens is 222 g/mol. The minimum Gasteiger partial charge on any atom is -0.480 e. The number of hydrogen-bond donors (Lipinski definition) is 2. The lowest BCUT2D eigenvalue weighted by Gasteiger charge is -2.43. The molecule has 0 bridgehead atoms. The number of hydrogen-bond acceptors (Lipinski definition) is 4. The predicted molar refractivity (Wildman–Crippen MR) is 63.5 cm³/mol. The second-order valence-electron chi connectivity index (χ2n) is 4.96. The van der Waals surface area contributed by atoms with Crippen molar-refractivity contribution < 1.29 is 14.7 Å². The first-order chi connectivity index (χ1) is 7.76. The second-order valence-corrected chi connectivity index (χ2v) is 4.96. The first kappa shape index (κ1) is 13.9. The van der Waals surface area contributed by atoms with Gasteiger partial charge < -0.3 is 10.8 Å². The number of carboxylic acid groups (broad SMARTS) is 1. The van der Waals surface area contributed by atoms with Gasteiger partial charge in [0.1, 0.15) is 6.04 Å². The molecule has 1 aliphatic rings. The number of carboxylic acids is 1. The summed E-state index contributed by atoms with van der Waals surface area (Å²) < 4.78 is 0. The van der Waals surface area contributed by atoms with Gasteiger partial charge in [0.05, 0.1) is 5.54 Å². The van der Waals surface area contributed by atoms with Crippen LogP contribution in [0.2, 0.25) is 0 Å². The highest BCUT2D eigenvalue weighted by Crippen LogP contribution is 2.17. The average Bonchev–Trinajstić information content (AvgIpc) is 2.27. The van der Waals surface area contributed by atoms with Crippen molar-refractivity contribution in [3.05, 3.63) is 0 Å². The van der Waals surface area contributed by atoms with Crippen LogP contribution in [0.1, 0.15) is 20.8 Å². The predicted octanol–water partition coefficient (Wildman–Crippen LogP) is -0.659. The number of amides is 1. The van der Waals surface area contributed by atoms with Crippen LogP contribution in [0.25, 0.3) is 0 Å². The van der Waals surface area contributed by atoms with Gasteiger partial charge in [-0.3, -0.25) is 19.4 Å². The van der Waals surface area contributed by atoms with Crippen molar-refractivity contribution in [3.63, 3.8) is 0 Å². The third kappa shape index (κ3) is 2.95. The van der Waals surface area contributed by atoms with Crippen molar-refractivity contribution >= 4 is 11.9 Å². The van der Waals surface area contributed by atoms with Crippen molar-refractivity contribution in [2.24, 2.45) is 5.73 Å². The van der Waals surface area contributed by atoms with Crippen molar-refractivity contribution in [1.29, 1.82) is 0 Å². The van der Waals surface area contributed by atoms with Gasteiger partial charge >= 0.3 is 5.97 Å². The Morgan fingerprint density at radius 3 is 2.06 bits per heavy atom. The molecule has 6 heteroatoms. The summed E-state index contributed by atoms with van der Waals surface area (Å²) in [5.41, 5.74) is 4.69. The van der Waals surface area contributed by atoms with Gasteiger partial charge in [0.2, 0.25) is 5.91 Å². The van der Waals surface area contributed by atoms with E-state index in [0.717, 1.165) is 0 Å². The Labute approximate surface area is 101 Å². The number of piperazine rings is 1. The number of nitrogens with zero attached hydrogens (tertiary/aromatic N) is 2. The Bertz CT molecular complexity index is 309. The Balaban J connectivity index is 2.57. The Morgan fingerprint density at radius 1 is 1.24 bits per heavy atom. The number of nitrogens with two attached hydrogens (primary N) is 1. The molecule has 1 atom stereocenters. The number of aliphatic carboxylic acids is 1. The van der Waals surface area contributed by atoms with E-state index in [4.69, 9.17) is 10.8 Å². The van der Waals surface area contributed by atoms with Crippen LogP contribution in [0.5, 0.6) is 0 Å². The molecule has 0 radical (unpaired) electrons. The summed E-state index contributed by atoms with van der Waals surface area (Å²) in [6.07, 6.45) is 0. The highest BCUT2D eigenvalue weighted by molar-refractivity contribution is 5.83. The van der Waals surface area contributed by atoms with E-state index in [0.29, 0.717) is 26.2 Å². The molecule has 1 saturated heterocycles. The van der Waals surface area contributed by atoms with Gasteiger partial charge in [-0.2, -0.15) is 0 Å². The van der Waals surface area contributed by atoms with E-state index in [-0.39, 0.29) is 5.91 Å². The lowest BCUT2D eigenvalue weighted by atomic mass is 10.0. The first-order valence-corrected chi connectivity index (χ1v) is 5.78. The maximum atomic E-state index is 11.3. The molecule has 0 aromatic heterocycles. The maximum Gasteiger partial charge on any atom is 0.320 e. The lowest BCUT2D eigenvalue weighted by molar-refractivity contribution is -0.144. The fourth-order valence-electron chi connectivity index (χ4n) is 1.98. The van der Waals surface area contributed by atoms with Gasteiger partial charge in [-0.1, -0.05) is 0 Å². The van der Waals surface area contributed by atoms with E-state index < -0.39 is 17.6 Å². The van der Waals surface area contributed by atoms with E-state index in [1.807, 2.05) is 9.80 Å². The summed E-state index contributed by atoms with van der Waals surface area (Å²) in [6, 6.07) is -0.478. The Hall–Kier alpha value is -1.14. The van der Waals surface area contributed by atoms with Crippen molar-refractivity contribution in [1.82, 2.24) is 9.80 Å². The van der Waals surface area contributed by atoms with Crippen LogP contribution in [-0.4, -0.2) is 64.5 Å². The van der Waals surface area contributed by atoms with Gasteiger partial charge in [-0.05, 0) is 20.8 Å². The molecule has 0 aliphatic carbocycles. The summed E-state index contributed by atoms with van der Waals surface area (Å²) in [5, 5.41) is 8.92. The van der Waals surface area contributed by atoms with Crippen LogP contribution in [0, 0.1) is 0 Å². The summed E-state index contributed by atoms with van der Waals surface area (Å²) in [5.74, 6) is -1.16. The molecule has 6 nitrogen and oxygen atoms in total. The number of carbonyl (C=O) groups excluding carboxylic acids is 1. The summed E-state index contributed by atoms with van der Waals surface area (Å²) in [7, 11) is 0. The van der Waals surface area contributed by atoms with Gasteiger partial charge in [0, 0.05) is 26.2 Å². The number of carbonyl (C=O) groups is 2. The largest absolute Gasteiger partial charge is 0.480 e. The smallest absolute Gasteiger partial charge is 0.320 e. The minimum absolute atomic E-state index is 0.350. The zero-order chi connectivity index (χ0) is 13.2. The molecular formula is C11H21N3O3. The molecule has 1 rings (SSSR count). The summed E-state index contributed by atoms with van der Waals surface area (Å²) in [4.78, 5) is 26.1. The van der Waals surface area contributed by atoms with Gasteiger partial charge in [0.15, 0.2) is 0 Å². The van der Waals surface area contributed by atoms with Crippen LogP contribution in [-0.2, 0) is 9.59 Å². The molecule has 1 heterocycles. The average molecular weight is 243 g/mol. The van der Waals surface area contributed by atoms with Gasteiger partial charge in [0.25, 0.3) is 0 Å². The Kier molecular flexibility index (Phi) is 4.11. The zero-order valence-electron chi connectivity index (χ0n) is 10.6. The van der Waals surface area contributed by atoms with Crippen LogP contribution in [0.3, 0.4) is 0 Å². The van der Waals surface area contributed by atoms with Gasteiger partial charge in [-0.25, -0.2) is 0 Å². The van der Waals surface area contributed by atoms with E-state index in [9.17, 15) is 9.59 Å². The normalized spacial score (nSPS) is 21.1. The monoisotopic (exact) mass is 243 g/mol. The topological polar surface area (TPSA) is 86.9 Å². The van der Waals surface area contributed by atoms with Crippen LogP contribution < -0.4 is 5.73 Å². The molecule has 0 aromatic carbocycles. The van der Waals surface area contributed by atoms with Crippen molar-refractivity contribution in [2.45, 2.75) is 32.4 Å². The van der Waals surface area contributed by atoms with E-state index in [2.05, 4.69) is 0 Å². The molecule has 17 heavy (non-hydrogen) atoms. The van der Waals surface area contributed by atoms with Gasteiger partial charge in [-0.15, -0.1) is 0 Å². The quantitative estimate of drug-likeness (QED) is 0.684. The molecule has 0 saturated carbocycles. The van der Waals surface area contributed by atoms with Crippen molar-refractivity contribution in [2.75, 3.05) is 26.2 Å². The minimum atomic E-state index is -0.812. The summed E-state index contributed by atoms with van der Waals surface area (Å²) in [6.45, 7) is 7.88. The fraction of sp³-hybridized carbons (Fsp3) is 0.818. The lowest BCUT2D eigenvalue weighted by Crippen LogP contribution is -2.61. The van der Waals surface area contributed by atoms with Crippen LogP contribution in [0.4, 0.5) is 0 Å². The first-order valence-electron chi connectivity index (χ1n) is 5.78. The third-order valence-electron chi connectivity index (χ3n) is 3.61. The van der Waals surface area contributed by atoms with E-state index in [1.165, 1.54) is 0 Å². The standard InChI is InChI=1S/C11H21N3O3/c1-8(9(15)16)13-4-6-14(7-5-13)11(2,3)10(12)17/h8H,4-7H2,1-3H3,(H2,12,17)(H,15,16). The van der Waals surface area contributed by atoms with Crippen LogP contribution in [0.15, 0.2) is 0 Å². The molecule has 1 unspecified atom stereocenters. The molecule has 0 spiro atoms. The molecule has 0 aromatic rings. The molecule has 1 fully saturated rings. The van der Waals surface area contributed by atoms with Crippen LogP contribution >= 0.6 is 0 Å². The summed E-state index contributed by atoms with van der Waals surface area (Å²) >= 11 is 0. The molecule has 1 amide bonds. The maximum absolute atomic E-state index is 11.3. The SMILES string of the molecule is CC(C(=O)O)N1CCN(C(C)(C)C(N)=O)CC1. The molecule has 1 aliphatic heterocycles. The molecule has 98 valence electrons.